The summed E-state index contributed by atoms with van der Waals surface area (Å²) in [6.07, 6.45) is 3.00. The van der Waals surface area contributed by atoms with Crippen molar-refractivity contribution in [1.29, 1.82) is 0 Å². The van der Waals surface area contributed by atoms with Gasteiger partial charge in [-0.05, 0) is 36.3 Å². The van der Waals surface area contributed by atoms with Crippen molar-refractivity contribution in [1.82, 2.24) is 10.2 Å². The highest BCUT2D eigenvalue weighted by Crippen LogP contribution is 2.42. The molecule has 2 aromatic carbocycles. The summed E-state index contributed by atoms with van der Waals surface area (Å²) >= 11 is 7.21. The number of aromatic nitrogens is 2. The lowest BCUT2D eigenvalue weighted by atomic mass is 9.96. The lowest BCUT2D eigenvalue weighted by Gasteiger charge is -2.23. The van der Waals surface area contributed by atoms with Gasteiger partial charge in [-0.15, -0.1) is 10.2 Å². The highest BCUT2D eigenvalue weighted by molar-refractivity contribution is 7.15. The third-order valence-corrected chi connectivity index (χ3v) is 5.70. The number of allylic oxidation sites excluding steroid dienone is 1. The average Bonchev–Trinajstić information content (AvgIpc) is 3.28. The van der Waals surface area contributed by atoms with Gasteiger partial charge >= 0.3 is 0 Å². The van der Waals surface area contributed by atoms with Crippen LogP contribution in [0.5, 0.6) is 0 Å². The summed E-state index contributed by atoms with van der Waals surface area (Å²) in [7, 11) is 0. The average molecular weight is 438 g/mol. The Morgan fingerprint density at radius 1 is 1.13 bits per heavy atom. The van der Waals surface area contributed by atoms with Crippen LogP contribution in [0.1, 0.15) is 22.2 Å². The van der Waals surface area contributed by atoms with Gasteiger partial charge in [-0.25, -0.2) is 0 Å². The first-order valence-corrected chi connectivity index (χ1v) is 10.2. The highest BCUT2D eigenvalue weighted by Gasteiger charge is 2.45. The molecule has 0 spiro atoms. The molecule has 2 heterocycles. The van der Waals surface area contributed by atoms with Crippen molar-refractivity contribution >= 4 is 45.8 Å². The van der Waals surface area contributed by atoms with Gasteiger partial charge in [0.25, 0.3) is 5.91 Å². The van der Waals surface area contributed by atoms with Crippen molar-refractivity contribution in [2.75, 3.05) is 4.90 Å². The lowest BCUT2D eigenvalue weighted by Crippen LogP contribution is -2.30. The Hall–Kier alpha value is -3.29. The summed E-state index contributed by atoms with van der Waals surface area (Å²) in [5.41, 5.74) is 1.44. The SMILES string of the molecule is Cc1nnc(N2C(=O)C(O)=C(C(=O)C=Cc3ccccc3)C2c2ccc(Cl)cc2)s1. The number of aliphatic hydroxyl groups is 1. The number of carbonyl (C=O) groups excluding carboxylic acids is 2. The first-order valence-electron chi connectivity index (χ1n) is 9.05. The molecule has 1 aliphatic heterocycles. The van der Waals surface area contributed by atoms with E-state index < -0.39 is 23.5 Å². The molecule has 4 rings (SSSR count). The minimum absolute atomic E-state index is 0.0117. The summed E-state index contributed by atoms with van der Waals surface area (Å²) in [5.74, 6) is -1.75. The fraction of sp³-hybridized carbons (Fsp3) is 0.0909. The van der Waals surface area contributed by atoms with Crippen LogP contribution in [0.3, 0.4) is 0 Å². The van der Waals surface area contributed by atoms with Crippen LogP contribution < -0.4 is 4.90 Å². The number of carbonyl (C=O) groups is 2. The van der Waals surface area contributed by atoms with Crippen LogP contribution in [0.25, 0.3) is 6.08 Å². The molecule has 8 heteroatoms. The number of nitrogens with zero attached hydrogens (tertiary/aromatic N) is 3. The Morgan fingerprint density at radius 2 is 1.83 bits per heavy atom. The van der Waals surface area contributed by atoms with E-state index in [1.165, 1.54) is 22.3 Å². The number of benzene rings is 2. The highest BCUT2D eigenvalue weighted by atomic mass is 35.5. The number of hydrogen-bond donors (Lipinski definition) is 1. The normalized spacial score (nSPS) is 16.7. The number of aliphatic hydroxyl groups excluding tert-OH is 1. The lowest BCUT2D eigenvalue weighted by molar-refractivity contribution is -0.117. The van der Waals surface area contributed by atoms with E-state index in [0.29, 0.717) is 20.7 Å². The topological polar surface area (TPSA) is 83.4 Å². The molecule has 1 N–H and O–H groups in total. The van der Waals surface area contributed by atoms with Crippen molar-refractivity contribution in [2.45, 2.75) is 13.0 Å². The van der Waals surface area contributed by atoms with Gasteiger partial charge in [0.05, 0.1) is 11.6 Å². The maximum absolute atomic E-state index is 13.1. The molecule has 0 aliphatic carbocycles. The number of halogens is 1. The molecule has 1 atom stereocenters. The van der Waals surface area contributed by atoms with E-state index in [-0.39, 0.29) is 5.57 Å². The molecular formula is C22H16ClN3O3S. The quantitative estimate of drug-likeness (QED) is 0.586. The second-order valence-electron chi connectivity index (χ2n) is 6.60. The molecule has 1 aliphatic rings. The van der Waals surface area contributed by atoms with E-state index >= 15 is 0 Å². The summed E-state index contributed by atoms with van der Waals surface area (Å²) in [4.78, 5) is 27.3. The van der Waals surface area contributed by atoms with Crippen molar-refractivity contribution in [3.05, 3.63) is 93.2 Å². The molecule has 0 saturated carbocycles. The Balaban J connectivity index is 1.78. The summed E-state index contributed by atoms with van der Waals surface area (Å²) in [6, 6.07) is 15.2. The largest absolute Gasteiger partial charge is 0.503 e. The Labute approximate surface area is 181 Å². The molecule has 30 heavy (non-hydrogen) atoms. The molecule has 0 fully saturated rings. The van der Waals surface area contributed by atoms with Crippen LogP contribution in [-0.2, 0) is 9.59 Å². The van der Waals surface area contributed by atoms with Crippen LogP contribution in [0.4, 0.5) is 5.13 Å². The van der Waals surface area contributed by atoms with E-state index in [1.807, 2.05) is 30.3 Å². The van der Waals surface area contributed by atoms with Gasteiger partial charge in [-0.3, -0.25) is 14.5 Å². The van der Waals surface area contributed by atoms with Gasteiger partial charge in [0.2, 0.25) is 5.13 Å². The Morgan fingerprint density at radius 3 is 2.47 bits per heavy atom. The summed E-state index contributed by atoms with van der Waals surface area (Å²) in [5, 5.41) is 20.1. The van der Waals surface area contributed by atoms with Crippen LogP contribution in [0.15, 0.2) is 72.0 Å². The fourth-order valence-corrected chi connectivity index (χ4v) is 4.06. The minimum atomic E-state index is -0.838. The third-order valence-electron chi connectivity index (χ3n) is 4.61. The van der Waals surface area contributed by atoms with E-state index in [2.05, 4.69) is 10.2 Å². The van der Waals surface area contributed by atoms with Gasteiger partial charge in [0, 0.05) is 5.02 Å². The molecular weight excluding hydrogens is 422 g/mol. The second-order valence-corrected chi connectivity index (χ2v) is 8.20. The monoisotopic (exact) mass is 437 g/mol. The van der Waals surface area contributed by atoms with Crippen LogP contribution in [-0.4, -0.2) is 27.0 Å². The molecule has 1 aromatic heterocycles. The molecule has 1 unspecified atom stereocenters. The van der Waals surface area contributed by atoms with Gasteiger partial charge in [-0.1, -0.05) is 71.5 Å². The van der Waals surface area contributed by atoms with Crippen molar-refractivity contribution in [2.24, 2.45) is 0 Å². The third kappa shape index (κ3) is 3.77. The van der Waals surface area contributed by atoms with Crippen LogP contribution in [0.2, 0.25) is 5.02 Å². The number of aryl methyl sites for hydroxylation is 1. The molecule has 0 radical (unpaired) electrons. The van der Waals surface area contributed by atoms with E-state index in [1.54, 1.807) is 37.3 Å². The van der Waals surface area contributed by atoms with Gasteiger partial charge < -0.3 is 5.11 Å². The molecule has 0 bridgehead atoms. The predicted octanol–water partition coefficient (Wildman–Crippen LogP) is 4.68. The molecule has 150 valence electrons. The van der Waals surface area contributed by atoms with E-state index in [9.17, 15) is 14.7 Å². The predicted molar refractivity (Wildman–Crippen MR) is 116 cm³/mol. The van der Waals surface area contributed by atoms with Crippen molar-refractivity contribution < 1.29 is 14.7 Å². The summed E-state index contributed by atoms with van der Waals surface area (Å²) < 4.78 is 0. The Bertz CT molecular complexity index is 1170. The van der Waals surface area contributed by atoms with Gasteiger partial charge in [0.15, 0.2) is 11.5 Å². The van der Waals surface area contributed by atoms with Gasteiger partial charge in [-0.2, -0.15) is 0 Å². The maximum atomic E-state index is 13.1. The number of ketones is 1. The number of hydrogen-bond acceptors (Lipinski definition) is 6. The summed E-state index contributed by atoms with van der Waals surface area (Å²) in [6.45, 7) is 1.76. The number of anilines is 1. The van der Waals surface area contributed by atoms with Crippen molar-refractivity contribution in [3.8, 4) is 0 Å². The first-order chi connectivity index (χ1) is 14.5. The molecule has 6 nitrogen and oxygen atoms in total. The first kappa shape index (κ1) is 20.0. The fourth-order valence-electron chi connectivity index (χ4n) is 3.22. The Kier molecular flexibility index (Phi) is 5.48. The zero-order chi connectivity index (χ0) is 21.3. The zero-order valence-corrected chi connectivity index (χ0v) is 17.4. The van der Waals surface area contributed by atoms with E-state index in [0.717, 1.165) is 5.56 Å². The molecule has 3 aromatic rings. The zero-order valence-electron chi connectivity index (χ0n) is 15.8. The number of amides is 1. The van der Waals surface area contributed by atoms with E-state index in [4.69, 9.17) is 11.6 Å². The van der Waals surface area contributed by atoms with Gasteiger partial charge in [0.1, 0.15) is 5.01 Å². The maximum Gasteiger partial charge on any atom is 0.296 e. The second kappa shape index (κ2) is 8.22. The van der Waals surface area contributed by atoms with Crippen LogP contribution >= 0.6 is 22.9 Å². The standard InChI is InChI=1S/C22H16ClN3O3S/c1-13-24-25-22(30-13)26-19(15-8-10-16(23)11-9-15)18(20(28)21(26)29)17(27)12-7-14-5-3-2-4-6-14/h2-12,19,28H,1H3. The molecule has 0 saturated heterocycles. The van der Waals surface area contributed by atoms with Crippen molar-refractivity contribution in [3.63, 3.8) is 0 Å². The smallest absolute Gasteiger partial charge is 0.296 e. The van der Waals surface area contributed by atoms with Crippen LogP contribution in [0, 0.1) is 6.92 Å². The molecule has 1 amide bonds. The minimum Gasteiger partial charge on any atom is -0.503 e. The number of rotatable bonds is 5.